The smallest absolute Gasteiger partial charge is 0.412 e. The van der Waals surface area contributed by atoms with Crippen molar-refractivity contribution in [2.45, 2.75) is 70.6 Å². The Morgan fingerprint density at radius 1 is 1.22 bits per heavy atom. The van der Waals surface area contributed by atoms with Crippen LogP contribution in [0.4, 0.5) is 9.59 Å². The zero-order valence-corrected chi connectivity index (χ0v) is 16.1. The Labute approximate surface area is 159 Å². The van der Waals surface area contributed by atoms with E-state index in [1.165, 1.54) is 4.90 Å². The number of likely N-dealkylation sites (tertiary alicyclic amines) is 1. The first kappa shape index (κ1) is 19.5. The number of amides is 2. The van der Waals surface area contributed by atoms with Gasteiger partial charge >= 0.3 is 12.2 Å². The van der Waals surface area contributed by atoms with Crippen LogP contribution in [0.2, 0.25) is 0 Å². The Morgan fingerprint density at radius 2 is 1.93 bits per heavy atom. The van der Waals surface area contributed by atoms with Crippen LogP contribution in [0.15, 0.2) is 30.3 Å². The molecule has 2 fully saturated rings. The van der Waals surface area contributed by atoms with E-state index in [-0.39, 0.29) is 24.6 Å². The highest BCUT2D eigenvalue weighted by Gasteiger charge is 2.50. The molecule has 1 aromatic rings. The van der Waals surface area contributed by atoms with E-state index in [1.807, 2.05) is 30.3 Å². The maximum atomic E-state index is 12.4. The number of carbonyl (C=O) groups excluding carboxylic acids is 2. The van der Waals surface area contributed by atoms with E-state index >= 15 is 0 Å². The minimum atomic E-state index is -0.966. The number of nitrogens with one attached hydrogen (secondary N) is 1. The molecule has 1 heterocycles. The lowest BCUT2D eigenvalue weighted by molar-refractivity contribution is -0.0336. The Balaban J connectivity index is 1.55. The van der Waals surface area contributed by atoms with Crippen LogP contribution in [-0.2, 0) is 16.1 Å². The van der Waals surface area contributed by atoms with Gasteiger partial charge in [-0.1, -0.05) is 30.3 Å². The second-order valence-corrected chi connectivity index (χ2v) is 8.24. The van der Waals surface area contributed by atoms with Crippen molar-refractivity contribution in [3.63, 3.8) is 0 Å². The lowest BCUT2D eigenvalue weighted by Gasteiger charge is -2.29. The number of benzene rings is 1. The summed E-state index contributed by atoms with van der Waals surface area (Å²) in [6.07, 6.45) is 0.0545. The average molecular weight is 376 g/mol. The molecule has 1 aliphatic carbocycles. The minimum Gasteiger partial charge on any atom is -0.445 e. The average Bonchev–Trinajstić information content (AvgIpc) is 2.87. The normalized spacial score (nSPS) is 27.2. The van der Waals surface area contributed by atoms with Crippen molar-refractivity contribution in [1.29, 1.82) is 0 Å². The zero-order chi connectivity index (χ0) is 19.6. The van der Waals surface area contributed by atoms with Crippen LogP contribution >= 0.6 is 0 Å². The summed E-state index contributed by atoms with van der Waals surface area (Å²) < 4.78 is 10.7. The molecule has 1 aliphatic heterocycles. The van der Waals surface area contributed by atoms with Gasteiger partial charge in [0.05, 0.1) is 0 Å². The molecule has 1 aromatic carbocycles. The van der Waals surface area contributed by atoms with Crippen LogP contribution in [0.1, 0.15) is 45.6 Å². The fourth-order valence-electron chi connectivity index (χ4n) is 3.85. The summed E-state index contributed by atoms with van der Waals surface area (Å²) in [5.41, 5.74) is 0.292. The molecule has 0 aromatic heterocycles. The molecule has 27 heavy (non-hydrogen) atoms. The Morgan fingerprint density at radius 3 is 2.59 bits per heavy atom. The number of aliphatic hydroxyl groups excluding tert-OH is 1. The maximum Gasteiger partial charge on any atom is 0.412 e. The summed E-state index contributed by atoms with van der Waals surface area (Å²) in [5, 5.41) is 13.5. The van der Waals surface area contributed by atoms with Gasteiger partial charge in [-0.2, -0.15) is 0 Å². The Kier molecular flexibility index (Phi) is 5.60. The monoisotopic (exact) mass is 376 g/mol. The zero-order valence-electron chi connectivity index (χ0n) is 16.1. The van der Waals surface area contributed by atoms with Crippen molar-refractivity contribution < 1.29 is 24.2 Å². The van der Waals surface area contributed by atoms with E-state index in [9.17, 15) is 14.7 Å². The Hall–Kier alpha value is -2.28. The van der Waals surface area contributed by atoms with Crippen LogP contribution in [0.5, 0.6) is 0 Å². The fourth-order valence-corrected chi connectivity index (χ4v) is 3.85. The second kappa shape index (κ2) is 7.76. The summed E-state index contributed by atoms with van der Waals surface area (Å²) in [6.45, 7) is 5.59. The van der Waals surface area contributed by atoms with E-state index in [1.54, 1.807) is 20.8 Å². The van der Waals surface area contributed by atoms with E-state index in [0.717, 1.165) is 5.56 Å². The molecule has 2 amide bonds. The molecule has 148 valence electrons. The minimum absolute atomic E-state index is 0.0572. The fraction of sp³-hybridized carbons (Fsp3) is 0.600. The van der Waals surface area contributed by atoms with Crippen LogP contribution < -0.4 is 5.32 Å². The van der Waals surface area contributed by atoms with Crippen molar-refractivity contribution in [1.82, 2.24) is 10.2 Å². The summed E-state index contributed by atoms with van der Waals surface area (Å²) in [5.74, 6) is -0.222. The predicted octanol–water partition coefficient (Wildman–Crippen LogP) is 3.02. The number of aliphatic hydroxyl groups is 1. The largest absolute Gasteiger partial charge is 0.445 e. The summed E-state index contributed by atoms with van der Waals surface area (Å²) >= 11 is 0. The van der Waals surface area contributed by atoms with Gasteiger partial charge in [0.15, 0.2) is 0 Å². The van der Waals surface area contributed by atoms with E-state index in [0.29, 0.717) is 19.3 Å². The molecule has 2 N–H and O–H groups in total. The highest BCUT2D eigenvalue weighted by molar-refractivity contribution is 5.70. The van der Waals surface area contributed by atoms with Crippen LogP contribution in [-0.4, -0.2) is 46.1 Å². The van der Waals surface area contributed by atoms with Gasteiger partial charge in [-0.05, 0) is 45.6 Å². The molecular weight excluding hydrogens is 348 g/mol. The molecule has 7 heteroatoms. The SMILES string of the molecule is CC(C)(C)OC(=O)N1C2CCC(NC(=O)OCc3ccccc3)C(C2)C1O. The quantitative estimate of drug-likeness (QED) is 0.847. The highest BCUT2D eigenvalue weighted by Crippen LogP contribution is 2.40. The summed E-state index contributed by atoms with van der Waals surface area (Å²) in [6, 6.07) is 9.16. The standard InChI is InChI=1S/C20H28N2O5/c1-20(2,3)27-19(25)22-14-9-10-16(15(11-14)17(22)23)21-18(24)26-12-13-7-5-4-6-8-13/h4-8,14-17,23H,9-12H2,1-3H3,(H,21,24). The number of nitrogens with zero attached hydrogens (tertiary/aromatic N) is 1. The van der Waals surface area contributed by atoms with Crippen LogP contribution in [0.3, 0.4) is 0 Å². The molecule has 7 nitrogen and oxygen atoms in total. The van der Waals surface area contributed by atoms with Gasteiger partial charge in [-0.25, -0.2) is 9.59 Å². The predicted molar refractivity (Wildman–Crippen MR) is 98.8 cm³/mol. The maximum absolute atomic E-state index is 12.4. The van der Waals surface area contributed by atoms with Gasteiger partial charge in [0.2, 0.25) is 0 Å². The second-order valence-electron chi connectivity index (χ2n) is 8.24. The van der Waals surface area contributed by atoms with Crippen molar-refractivity contribution in [2.75, 3.05) is 0 Å². The topological polar surface area (TPSA) is 88.1 Å². The van der Waals surface area contributed by atoms with Crippen LogP contribution in [0.25, 0.3) is 0 Å². The number of fused-ring (bicyclic) bond motifs is 2. The van der Waals surface area contributed by atoms with Crippen molar-refractivity contribution in [3.05, 3.63) is 35.9 Å². The van der Waals surface area contributed by atoms with E-state index in [4.69, 9.17) is 9.47 Å². The molecule has 0 spiro atoms. The number of hydrogen-bond donors (Lipinski definition) is 2. The molecule has 3 rings (SSSR count). The first-order valence-corrected chi connectivity index (χ1v) is 9.41. The van der Waals surface area contributed by atoms with Crippen molar-refractivity contribution >= 4 is 12.2 Å². The molecule has 1 saturated heterocycles. The first-order valence-electron chi connectivity index (χ1n) is 9.41. The molecular formula is C20H28N2O5. The number of ether oxygens (including phenoxy) is 2. The lowest BCUT2D eigenvalue weighted by Crippen LogP contribution is -2.46. The molecule has 4 atom stereocenters. The number of alkyl carbamates (subject to hydrolysis) is 1. The highest BCUT2D eigenvalue weighted by atomic mass is 16.6. The summed E-state index contributed by atoms with van der Waals surface area (Å²) in [4.78, 5) is 26.0. The van der Waals surface area contributed by atoms with E-state index < -0.39 is 24.0 Å². The van der Waals surface area contributed by atoms with Gasteiger partial charge in [-0.15, -0.1) is 0 Å². The number of carbonyl (C=O) groups is 2. The van der Waals surface area contributed by atoms with Gasteiger partial charge in [0.1, 0.15) is 18.4 Å². The molecule has 1 saturated carbocycles. The van der Waals surface area contributed by atoms with Gasteiger partial charge in [0, 0.05) is 18.0 Å². The molecule has 0 radical (unpaired) electrons. The van der Waals surface area contributed by atoms with Gasteiger partial charge < -0.3 is 19.9 Å². The molecule has 2 aliphatic rings. The first-order chi connectivity index (χ1) is 12.7. The lowest BCUT2D eigenvalue weighted by atomic mass is 9.85. The third-order valence-electron chi connectivity index (χ3n) is 5.05. The molecule has 4 unspecified atom stereocenters. The number of rotatable bonds is 3. The van der Waals surface area contributed by atoms with Gasteiger partial charge in [-0.3, -0.25) is 4.90 Å². The van der Waals surface area contributed by atoms with Crippen molar-refractivity contribution in [2.24, 2.45) is 5.92 Å². The van der Waals surface area contributed by atoms with Gasteiger partial charge in [0.25, 0.3) is 0 Å². The van der Waals surface area contributed by atoms with Crippen LogP contribution in [0, 0.1) is 5.92 Å². The third-order valence-corrected chi connectivity index (χ3v) is 5.05. The Bertz CT molecular complexity index is 673. The summed E-state index contributed by atoms with van der Waals surface area (Å²) in [7, 11) is 0. The van der Waals surface area contributed by atoms with Crippen molar-refractivity contribution in [3.8, 4) is 0 Å². The third kappa shape index (κ3) is 4.71. The van der Waals surface area contributed by atoms with E-state index in [2.05, 4.69) is 5.32 Å². The molecule has 2 bridgehead atoms. The number of hydrogen-bond acceptors (Lipinski definition) is 5.